The van der Waals surface area contributed by atoms with E-state index in [1.54, 1.807) is 18.2 Å². The number of ether oxygens (including phenoxy) is 2. The Bertz CT molecular complexity index is 656. The predicted octanol–water partition coefficient (Wildman–Crippen LogP) is 3.66. The van der Waals surface area contributed by atoms with Gasteiger partial charge in [-0.2, -0.15) is 8.78 Å². The minimum Gasteiger partial charge on any atom is -0.496 e. The molecule has 0 aliphatic heterocycles. The third kappa shape index (κ3) is 3.28. The number of alkyl halides is 2. The Kier molecular flexibility index (Phi) is 4.37. The molecule has 1 N–H and O–H groups in total. The monoisotopic (exact) mass is 294 g/mol. The minimum absolute atomic E-state index is 0.0570. The van der Waals surface area contributed by atoms with E-state index in [1.165, 1.54) is 31.4 Å². The molecule has 0 aliphatic rings. The molecule has 0 saturated heterocycles. The second-order valence-electron chi connectivity index (χ2n) is 4.09. The van der Waals surface area contributed by atoms with Gasteiger partial charge in [-0.05, 0) is 23.8 Å². The molecule has 0 aliphatic carbocycles. The molecular weight excluding hydrogens is 282 g/mol. The standard InChI is InChI=1S/C15H12F2O4/c1-20-13-8-9(21-15(16)17)6-7-11(13)10-4-2-3-5-12(10)14(18)19/h2-8,15H,1H3,(H,18,19). The number of benzene rings is 2. The Morgan fingerprint density at radius 1 is 1.14 bits per heavy atom. The lowest BCUT2D eigenvalue weighted by Crippen LogP contribution is -2.03. The maximum absolute atomic E-state index is 12.2. The molecule has 0 bridgehead atoms. The van der Waals surface area contributed by atoms with Crippen LogP contribution in [0.1, 0.15) is 10.4 Å². The summed E-state index contributed by atoms with van der Waals surface area (Å²) in [6.45, 7) is -2.94. The van der Waals surface area contributed by atoms with Gasteiger partial charge in [0.25, 0.3) is 0 Å². The van der Waals surface area contributed by atoms with Crippen molar-refractivity contribution in [1.29, 1.82) is 0 Å². The molecule has 0 radical (unpaired) electrons. The molecule has 6 heteroatoms. The van der Waals surface area contributed by atoms with Crippen molar-refractivity contribution >= 4 is 5.97 Å². The van der Waals surface area contributed by atoms with Crippen molar-refractivity contribution in [2.24, 2.45) is 0 Å². The second kappa shape index (κ2) is 6.21. The number of hydrogen-bond acceptors (Lipinski definition) is 3. The summed E-state index contributed by atoms with van der Waals surface area (Å²) in [6, 6.07) is 10.5. The molecule has 4 nitrogen and oxygen atoms in total. The molecular formula is C15H12F2O4. The molecule has 0 fully saturated rings. The normalized spacial score (nSPS) is 10.5. The fourth-order valence-corrected chi connectivity index (χ4v) is 1.97. The summed E-state index contributed by atoms with van der Waals surface area (Å²) in [4.78, 5) is 11.2. The van der Waals surface area contributed by atoms with Crippen molar-refractivity contribution < 1.29 is 28.2 Å². The van der Waals surface area contributed by atoms with Crippen LogP contribution in [0.5, 0.6) is 11.5 Å². The fraction of sp³-hybridized carbons (Fsp3) is 0.133. The molecule has 0 saturated carbocycles. The zero-order valence-electron chi connectivity index (χ0n) is 11.0. The molecule has 2 aromatic carbocycles. The number of methoxy groups -OCH3 is 1. The quantitative estimate of drug-likeness (QED) is 0.914. The van der Waals surface area contributed by atoms with E-state index in [2.05, 4.69) is 4.74 Å². The third-order valence-corrected chi connectivity index (χ3v) is 2.85. The SMILES string of the molecule is COc1cc(OC(F)F)ccc1-c1ccccc1C(=O)O. The first kappa shape index (κ1) is 14.8. The van der Waals surface area contributed by atoms with E-state index >= 15 is 0 Å². The Balaban J connectivity index is 2.52. The van der Waals surface area contributed by atoms with Crippen LogP contribution in [0.15, 0.2) is 42.5 Å². The number of carbonyl (C=O) groups is 1. The lowest BCUT2D eigenvalue weighted by molar-refractivity contribution is -0.0499. The van der Waals surface area contributed by atoms with Crippen LogP contribution < -0.4 is 9.47 Å². The first-order valence-electron chi connectivity index (χ1n) is 5.98. The third-order valence-electron chi connectivity index (χ3n) is 2.85. The summed E-state index contributed by atoms with van der Waals surface area (Å²) in [6.07, 6.45) is 0. The van der Waals surface area contributed by atoms with Crippen molar-refractivity contribution in [2.45, 2.75) is 6.61 Å². The van der Waals surface area contributed by atoms with Gasteiger partial charge in [0.2, 0.25) is 0 Å². The van der Waals surface area contributed by atoms with Crippen LogP contribution in [0, 0.1) is 0 Å². The van der Waals surface area contributed by atoms with Gasteiger partial charge < -0.3 is 14.6 Å². The molecule has 0 amide bonds. The highest BCUT2D eigenvalue weighted by atomic mass is 19.3. The number of rotatable bonds is 5. The smallest absolute Gasteiger partial charge is 0.387 e. The van der Waals surface area contributed by atoms with Gasteiger partial charge in [-0.3, -0.25) is 0 Å². The molecule has 110 valence electrons. The Labute approximate surface area is 119 Å². The second-order valence-corrected chi connectivity index (χ2v) is 4.09. The van der Waals surface area contributed by atoms with E-state index in [4.69, 9.17) is 4.74 Å². The summed E-state index contributed by atoms with van der Waals surface area (Å²) in [7, 11) is 1.37. The zero-order valence-corrected chi connectivity index (χ0v) is 11.0. The zero-order chi connectivity index (χ0) is 15.4. The van der Waals surface area contributed by atoms with Crippen molar-refractivity contribution in [3.63, 3.8) is 0 Å². The lowest BCUT2D eigenvalue weighted by atomic mass is 9.99. The van der Waals surface area contributed by atoms with Gasteiger partial charge in [-0.25, -0.2) is 4.79 Å². The van der Waals surface area contributed by atoms with E-state index < -0.39 is 12.6 Å². The first-order chi connectivity index (χ1) is 10.0. The van der Waals surface area contributed by atoms with Crippen LogP contribution in [-0.4, -0.2) is 24.8 Å². The van der Waals surface area contributed by atoms with E-state index in [0.717, 1.165) is 0 Å². The van der Waals surface area contributed by atoms with Gasteiger partial charge >= 0.3 is 12.6 Å². The van der Waals surface area contributed by atoms with Gasteiger partial charge in [0, 0.05) is 11.6 Å². The Morgan fingerprint density at radius 3 is 2.48 bits per heavy atom. The van der Waals surface area contributed by atoms with Crippen LogP contribution in [0.3, 0.4) is 0 Å². The summed E-state index contributed by atoms with van der Waals surface area (Å²) >= 11 is 0. The Hall–Kier alpha value is -2.63. The van der Waals surface area contributed by atoms with Crippen molar-refractivity contribution in [3.8, 4) is 22.6 Å². The van der Waals surface area contributed by atoms with Crippen LogP contribution >= 0.6 is 0 Å². The molecule has 0 atom stereocenters. The summed E-state index contributed by atoms with van der Waals surface area (Å²) in [5, 5.41) is 9.20. The minimum atomic E-state index is -2.94. The van der Waals surface area contributed by atoms with Crippen LogP contribution in [0.25, 0.3) is 11.1 Å². The van der Waals surface area contributed by atoms with Gasteiger partial charge in [0.15, 0.2) is 0 Å². The average Bonchev–Trinajstić information content (AvgIpc) is 2.46. The summed E-state index contributed by atoms with van der Waals surface area (Å²) in [5.41, 5.74) is 1.01. The molecule has 0 unspecified atom stereocenters. The molecule has 0 spiro atoms. The molecule has 21 heavy (non-hydrogen) atoms. The summed E-state index contributed by atoms with van der Waals surface area (Å²) < 4.78 is 33.9. The van der Waals surface area contributed by atoms with Crippen molar-refractivity contribution in [2.75, 3.05) is 7.11 Å². The van der Waals surface area contributed by atoms with Gasteiger partial charge in [0.1, 0.15) is 11.5 Å². The highest BCUT2D eigenvalue weighted by molar-refractivity contribution is 5.97. The number of halogens is 2. The number of carboxylic acids is 1. The van der Waals surface area contributed by atoms with Crippen molar-refractivity contribution in [3.05, 3.63) is 48.0 Å². The van der Waals surface area contributed by atoms with Crippen LogP contribution in [0.2, 0.25) is 0 Å². The number of carboxylic acid groups (broad SMARTS) is 1. The lowest BCUT2D eigenvalue weighted by Gasteiger charge is -2.13. The molecule has 0 heterocycles. The van der Waals surface area contributed by atoms with Gasteiger partial charge in [-0.15, -0.1) is 0 Å². The van der Waals surface area contributed by atoms with E-state index in [1.807, 2.05) is 0 Å². The average molecular weight is 294 g/mol. The van der Waals surface area contributed by atoms with Crippen LogP contribution in [-0.2, 0) is 0 Å². The number of hydrogen-bond donors (Lipinski definition) is 1. The fourth-order valence-electron chi connectivity index (χ4n) is 1.97. The highest BCUT2D eigenvalue weighted by Gasteiger charge is 2.16. The molecule has 2 aromatic rings. The van der Waals surface area contributed by atoms with E-state index in [9.17, 15) is 18.7 Å². The number of aromatic carboxylic acids is 1. The maximum atomic E-state index is 12.2. The van der Waals surface area contributed by atoms with Gasteiger partial charge in [0.05, 0.1) is 12.7 Å². The van der Waals surface area contributed by atoms with Crippen LogP contribution in [0.4, 0.5) is 8.78 Å². The first-order valence-corrected chi connectivity index (χ1v) is 5.98. The maximum Gasteiger partial charge on any atom is 0.387 e. The molecule has 0 aromatic heterocycles. The van der Waals surface area contributed by atoms with E-state index in [0.29, 0.717) is 11.1 Å². The van der Waals surface area contributed by atoms with E-state index in [-0.39, 0.29) is 17.1 Å². The topological polar surface area (TPSA) is 55.8 Å². The largest absolute Gasteiger partial charge is 0.496 e. The Morgan fingerprint density at radius 2 is 1.86 bits per heavy atom. The summed E-state index contributed by atoms with van der Waals surface area (Å²) in [5.74, 6) is -0.888. The van der Waals surface area contributed by atoms with Gasteiger partial charge in [-0.1, -0.05) is 18.2 Å². The highest BCUT2D eigenvalue weighted by Crippen LogP contribution is 2.35. The molecule has 2 rings (SSSR count). The van der Waals surface area contributed by atoms with Crippen molar-refractivity contribution in [1.82, 2.24) is 0 Å². The predicted molar refractivity (Wildman–Crippen MR) is 72.0 cm³/mol.